The standard InChI is InChI=1S/C32H31ClFN3O5S/c1-35-32(39)30(20-23-8-4-3-5-9-23)36(21-24-10-6-7-11-29(24)33)31(38)22-37(26-14-12-25(34)13-15-26)43(40,41)28-18-16-27(42-2)17-19-28/h3-19,30H,20-22H2,1-2H3,(H,35,39)/t30-/m0/s1. The van der Waals surface area contributed by atoms with Crippen molar-refractivity contribution in [3.05, 3.63) is 125 Å². The van der Waals surface area contributed by atoms with Crippen molar-refractivity contribution in [1.29, 1.82) is 0 Å². The van der Waals surface area contributed by atoms with Gasteiger partial charge in [-0.25, -0.2) is 12.8 Å². The zero-order valence-electron chi connectivity index (χ0n) is 23.6. The number of halogens is 2. The number of hydrogen-bond acceptors (Lipinski definition) is 5. The van der Waals surface area contributed by atoms with Crippen molar-refractivity contribution in [3.8, 4) is 5.75 Å². The molecule has 0 aromatic heterocycles. The van der Waals surface area contributed by atoms with Gasteiger partial charge in [-0.05, 0) is 65.7 Å². The third-order valence-electron chi connectivity index (χ3n) is 6.86. The molecule has 1 N–H and O–H groups in total. The van der Waals surface area contributed by atoms with Crippen molar-refractivity contribution in [2.24, 2.45) is 0 Å². The molecule has 8 nitrogen and oxygen atoms in total. The van der Waals surface area contributed by atoms with E-state index in [-0.39, 0.29) is 23.5 Å². The molecular weight excluding hydrogens is 593 g/mol. The number of methoxy groups -OCH3 is 1. The van der Waals surface area contributed by atoms with Gasteiger partial charge < -0.3 is 15.0 Å². The fourth-order valence-electron chi connectivity index (χ4n) is 4.54. The highest BCUT2D eigenvalue weighted by Gasteiger charge is 2.34. The van der Waals surface area contributed by atoms with Gasteiger partial charge >= 0.3 is 0 Å². The Morgan fingerprint density at radius 1 is 0.907 bits per heavy atom. The van der Waals surface area contributed by atoms with Crippen molar-refractivity contribution in [2.75, 3.05) is 25.0 Å². The Bertz CT molecular complexity index is 1650. The molecule has 43 heavy (non-hydrogen) atoms. The average molecular weight is 624 g/mol. The van der Waals surface area contributed by atoms with Gasteiger partial charge in [-0.1, -0.05) is 60.1 Å². The first kappa shape index (κ1) is 31.5. The fourth-order valence-corrected chi connectivity index (χ4v) is 6.15. The summed E-state index contributed by atoms with van der Waals surface area (Å²) in [7, 11) is -1.40. The third-order valence-corrected chi connectivity index (χ3v) is 9.01. The van der Waals surface area contributed by atoms with Crippen LogP contribution in [0.1, 0.15) is 11.1 Å². The summed E-state index contributed by atoms with van der Waals surface area (Å²) < 4.78 is 47.8. The van der Waals surface area contributed by atoms with Gasteiger partial charge in [0.25, 0.3) is 10.0 Å². The highest BCUT2D eigenvalue weighted by Crippen LogP contribution is 2.27. The van der Waals surface area contributed by atoms with E-state index in [4.69, 9.17) is 16.3 Å². The lowest BCUT2D eigenvalue weighted by molar-refractivity contribution is -0.139. The molecule has 0 aliphatic carbocycles. The Labute approximate surface area is 255 Å². The number of likely N-dealkylation sites (N-methyl/N-ethyl adjacent to an activating group) is 1. The summed E-state index contributed by atoms with van der Waals surface area (Å²) in [5, 5.41) is 3.01. The van der Waals surface area contributed by atoms with E-state index in [9.17, 15) is 22.4 Å². The monoisotopic (exact) mass is 623 g/mol. The maximum Gasteiger partial charge on any atom is 0.264 e. The number of carbonyl (C=O) groups is 2. The first-order valence-electron chi connectivity index (χ1n) is 13.3. The van der Waals surface area contributed by atoms with Crippen LogP contribution in [-0.4, -0.2) is 51.9 Å². The summed E-state index contributed by atoms with van der Waals surface area (Å²) in [6.07, 6.45) is 0.165. The molecule has 1 atom stereocenters. The molecule has 0 aliphatic heterocycles. The van der Waals surface area contributed by atoms with Gasteiger partial charge in [-0.2, -0.15) is 0 Å². The number of benzene rings is 4. The van der Waals surface area contributed by atoms with E-state index in [1.165, 1.54) is 55.5 Å². The molecule has 4 rings (SSSR count). The van der Waals surface area contributed by atoms with Gasteiger partial charge in [0, 0.05) is 25.0 Å². The Morgan fingerprint density at radius 3 is 2.14 bits per heavy atom. The van der Waals surface area contributed by atoms with E-state index in [0.29, 0.717) is 16.3 Å². The number of sulfonamides is 1. The number of amides is 2. The summed E-state index contributed by atoms with van der Waals surface area (Å²) in [4.78, 5) is 28.8. The SMILES string of the molecule is CNC(=O)[C@H](Cc1ccccc1)N(Cc1ccccc1Cl)C(=O)CN(c1ccc(F)cc1)S(=O)(=O)c1ccc(OC)cc1. The van der Waals surface area contributed by atoms with Crippen LogP contribution < -0.4 is 14.4 Å². The van der Waals surface area contributed by atoms with Crippen LogP contribution in [0.4, 0.5) is 10.1 Å². The lowest BCUT2D eigenvalue weighted by Crippen LogP contribution is -2.53. The highest BCUT2D eigenvalue weighted by molar-refractivity contribution is 7.92. The van der Waals surface area contributed by atoms with Crippen LogP contribution in [0, 0.1) is 5.82 Å². The number of nitrogens with one attached hydrogen (secondary N) is 1. The van der Waals surface area contributed by atoms with Crippen molar-refractivity contribution >= 4 is 39.1 Å². The summed E-state index contributed by atoms with van der Waals surface area (Å²) in [6.45, 7) is -0.740. The van der Waals surface area contributed by atoms with Gasteiger partial charge in [0.05, 0.1) is 17.7 Å². The average Bonchev–Trinajstić information content (AvgIpc) is 3.02. The maximum absolute atomic E-state index is 14.2. The first-order chi connectivity index (χ1) is 20.6. The summed E-state index contributed by atoms with van der Waals surface area (Å²) >= 11 is 6.45. The highest BCUT2D eigenvalue weighted by atomic mass is 35.5. The minimum absolute atomic E-state index is 0.0662. The predicted octanol–water partition coefficient (Wildman–Crippen LogP) is 5.07. The molecule has 0 aliphatic rings. The summed E-state index contributed by atoms with van der Waals surface area (Å²) in [6, 6.07) is 25.6. The molecule has 0 saturated heterocycles. The smallest absolute Gasteiger partial charge is 0.264 e. The minimum atomic E-state index is -4.33. The van der Waals surface area contributed by atoms with Crippen LogP contribution in [0.2, 0.25) is 5.02 Å². The van der Waals surface area contributed by atoms with E-state index < -0.39 is 40.2 Å². The van der Waals surface area contributed by atoms with Gasteiger partial charge in [0.1, 0.15) is 24.2 Å². The molecule has 0 spiro atoms. The lowest BCUT2D eigenvalue weighted by Gasteiger charge is -2.33. The maximum atomic E-state index is 14.2. The molecule has 4 aromatic carbocycles. The summed E-state index contributed by atoms with van der Waals surface area (Å²) in [5.74, 6) is -1.22. The number of ether oxygens (including phenoxy) is 1. The topological polar surface area (TPSA) is 96.0 Å². The van der Waals surface area contributed by atoms with Gasteiger partial charge in [-0.15, -0.1) is 0 Å². The van der Waals surface area contributed by atoms with Gasteiger partial charge in [0.2, 0.25) is 11.8 Å². The number of carbonyl (C=O) groups excluding carboxylic acids is 2. The molecule has 0 heterocycles. The quantitative estimate of drug-likeness (QED) is 0.238. The van der Waals surface area contributed by atoms with Crippen LogP contribution in [0.25, 0.3) is 0 Å². The second kappa shape index (κ2) is 14.2. The molecule has 0 unspecified atom stereocenters. The predicted molar refractivity (Wildman–Crippen MR) is 164 cm³/mol. The van der Waals surface area contributed by atoms with Crippen LogP contribution in [0.5, 0.6) is 5.75 Å². The molecule has 0 radical (unpaired) electrons. The third kappa shape index (κ3) is 7.71. The van der Waals surface area contributed by atoms with Crippen LogP contribution in [0.15, 0.2) is 108 Å². The lowest BCUT2D eigenvalue weighted by atomic mass is 10.0. The molecule has 0 saturated carbocycles. The van der Waals surface area contributed by atoms with Crippen molar-refractivity contribution in [1.82, 2.24) is 10.2 Å². The molecule has 11 heteroatoms. The first-order valence-corrected chi connectivity index (χ1v) is 15.2. The molecule has 2 amide bonds. The molecule has 224 valence electrons. The van der Waals surface area contributed by atoms with E-state index in [0.717, 1.165) is 22.0 Å². The Kier molecular flexibility index (Phi) is 10.4. The zero-order valence-corrected chi connectivity index (χ0v) is 25.2. The van der Waals surface area contributed by atoms with Gasteiger partial charge in [-0.3, -0.25) is 13.9 Å². The zero-order chi connectivity index (χ0) is 31.0. The second-order valence-electron chi connectivity index (χ2n) is 9.60. The van der Waals surface area contributed by atoms with Crippen molar-refractivity contribution < 1.29 is 27.1 Å². The van der Waals surface area contributed by atoms with E-state index in [1.807, 2.05) is 30.3 Å². The molecular formula is C32H31ClFN3O5S. The van der Waals surface area contributed by atoms with Crippen molar-refractivity contribution in [2.45, 2.75) is 23.9 Å². The molecule has 4 aromatic rings. The normalized spacial score (nSPS) is 11.8. The van der Waals surface area contributed by atoms with E-state index in [2.05, 4.69) is 5.32 Å². The Balaban J connectivity index is 1.79. The van der Waals surface area contributed by atoms with Crippen molar-refractivity contribution in [3.63, 3.8) is 0 Å². The second-order valence-corrected chi connectivity index (χ2v) is 11.9. The van der Waals surface area contributed by atoms with Crippen LogP contribution in [-0.2, 0) is 32.6 Å². The van der Waals surface area contributed by atoms with Gasteiger partial charge in [0.15, 0.2) is 0 Å². The number of rotatable bonds is 12. The number of anilines is 1. The Morgan fingerprint density at radius 2 is 1.53 bits per heavy atom. The number of hydrogen-bond donors (Lipinski definition) is 1. The van der Waals surface area contributed by atoms with Crippen LogP contribution in [0.3, 0.4) is 0 Å². The van der Waals surface area contributed by atoms with E-state index in [1.54, 1.807) is 24.3 Å². The number of nitrogens with zero attached hydrogens (tertiary/aromatic N) is 2. The van der Waals surface area contributed by atoms with Crippen LogP contribution >= 0.6 is 11.6 Å². The van der Waals surface area contributed by atoms with E-state index >= 15 is 0 Å². The fraction of sp³-hybridized carbons (Fsp3) is 0.188. The largest absolute Gasteiger partial charge is 0.497 e. The summed E-state index contributed by atoms with van der Waals surface area (Å²) in [5.41, 5.74) is 1.45. The minimum Gasteiger partial charge on any atom is -0.497 e. The molecule has 0 bridgehead atoms. The molecule has 0 fully saturated rings. The Hall–Kier alpha value is -4.41.